The van der Waals surface area contributed by atoms with Crippen molar-refractivity contribution in [1.82, 2.24) is 0 Å². The van der Waals surface area contributed by atoms with E-state index in [9.17, 15) is 0 Å². The summed E-state index contributed by atoms with van der Waals surface area (Å²) in [6.07, 6.45) is 21.4. The van der Waals surface area contributed by atoms with Gasteiger partial charge in [-0.1, -0.05) is 76.8 Å². The number of hydrogen-bond donors (Lipinski definition) is 0. The van der Waals surface area contributed by atoms with Crippen molar-refractivity contribution in [2.75, 3.05) is 6.16 Å². The van der Waals surface area contributed by atoms with Crippen molar-refractivity contribution in [2.24, 2.45) is 11.8 Å². The molecule has 0 unspecified atom stereocenters. The molecule has 3 fully saturated rings. The fraction of sp³-hybridized carbons (Fsp3) is 0.750. The molecule has 1 aliphatic heterocycles. The summed E-state index contributed by atoms with van der Waals surface area (Å²) in [5.41, 5.74) is 3.89. The number of benzene rings is 1. The summed E-state index contributed by atoms with van der Waals surface area (Å²) < 4.78 is 0. The van der Waals surface area contributed by atoms with E-state index in [4.69, 9.17) is 0 Å². The summed E-state index contributed by atoms with van der Waals surface area (Å²) in [5.74, 6) is 2.24. The van der Waals surface area contributed by atoms with Gasteiger partial charge in [0.1, 0.15) is 0 Å². The summed E-state index contributed by atoms with van der Waals surface area (Å²) in [5, 5.41) is 0. The van der Waals surface area contributed by atoms with Crippen LogP contribution < -0.4 is 0 Å². The molecule has 3 aliphatic rings. The SMILES string of the molecule is c1ccc(CCCP2[C@H](C3CCCCC3)C[C@H]2C2CCCCC2)cc1. The molecule has 0 amide bonds. The van der Waals surface area contributed by atoms with Gasteiger partial charge < -0.3 is 0 Å². The minimum Gasteiger partial charge on any atom is -0.0997 e. The van der Waals surface area contributed by atoms with Crippen molar-refractivity contribution >= 4 is 7.92 Å². The van der Waals surface area contributed by atoms with Crippen molar-refractivity contribution in [3.8, 4) is 0 Å². The molecule has 1 aromatic carbocycles. The Bertz CT molecular complexity index is 474. The largest absolute Gasteiger partial charge is 0.0997 e. The van der Waals surface area contributed by atoms with Gasteiger partial charge in [-0.25, -0.2) is 0 Å². The molecule has 25 heavy (non-hydrogen) atoms. The molecule has 0 radical (unpaired) electrons. The van der Waals surface area contributed by atoms with Crippen molar-refractivity contribution in [2.45, 2.75) is 94.8 Å². The number of hydrogen-bond acceptors (Lipinski definition) is 0. The average Bonchev–Trinajstić information content (AvgIpc) is 2.67. The molecule has 0 bridgehead atoms. The molecule has 1 heterocycles. The van der Waals surface area contributed by atoms with Gasteiger partial charge in [0.05, 0.1) is 0 Å². The van der Waals surface area contributed by atoms with Gasteiger partial charge in [-0.15, -0.1) is 0 Å². The first-order valence-electron chi connectivity index (χ1n) is 11.2. The fourth-order valence-electron chi connectivity index (χ4n) is 6.03. The molecule has 2 saturated carbocycles. The predicted molar refractivity (Wildman–Crippen MR) is 112 cm³/mol. The van der Waals surface area contributed by atoms with E-state index >= 15 is 0 Å². The van der Waals surface area contributed by atoms with E-state index in [1.165, 1.54) is 51.4 Å². The van der Waals surface area contributed by atoms with Crippen LogP contribution in [-0.2, 0) is 6.42 Å². The monoisotopic (exact) mass is 356 g/mol. The minimum atomic E-state index is 0.333. The number of aryl methyl sites for hydroxylation is 1. The number of rotatable bonds is 6. The molecule has 2 aliphatic carbocycles. The summed E-state index contributed by atoms with van der Waals surface area (Å²) in [6, 6.07) is 11.2. The lowest BCUT2D eigenvalue weighted by atomic mass is 9.80. The van der Waals surface area contributed by atoms with Crippen LogP contribution in [0.1, 0.15) is 82.6 Å². The quantitative estimate of drug-likeness (QED) is 0.466. The standard InChI is InChI=1S/C24H37P/c1-4-11-20(12-5-1)13-10-18-25-23(21-14-6-2-7-15-21)19-24(25)22-16-8-3-9-17-22/h1,4-5,11-12,21-24H,2-3,6-10,13-19H2/t23-,24-/m0/s1. The highest BCUT2D eigenvalue weighted by Crippen LogP contribution is 2.67. The molecule has 0 spiro atoms. The Hall–Kier alpha value is -0.350. The fourth-order valence-corrected chi connectivity index (χ4v) is 9.99. The summed E-state index contributed by atoms with van der Waals surface area (Å²) >= 11 is 0. The maximum absolute atomic E-state index is 2.32. The first-order chi connectivity index (χ1) is 12.4. The second-order valence-corrected chi connectivity index (χ2v) is 11.8. The van der Waals surface area contributed by atoms with Gasteiger partial charge >= 0.3 is 0 Å². The van der Waals surface area contributed by atoms with Gasteiger partial charge in [-0.3, -0.25) is 0 Å². The van der Waals surface area contributed by atoms with Crippen LogP contribution in [0.3, 0.4) is 0 Å². The van der Waals surface area contributed by atoms with E-state index in [1.807, 2.05) is 0 Å². The second-order valence-electron chi connectivity index (χ2n) is 8.99. The molecular weight excluding hydrogens is 319 g/mol. The molecule has 1 aromatic rings. The van der Waals surface area contributed by atoms with Gasteiger partial charge in [0.25, 0.3) is 0 Å². The topological polar surface area (TPSA) is 0 Å². The van der Waals surface area contributed by atoms with E-state index in [2.05, 4.69) is 30.3 Å². The molecule has 0 aromatic heterocycles. The smallest absolute Gasteiger partial charge is 0.0172 e. The Morgan fingerprint density at radius 3 is 1.84 bits per heavy atom. The lowest BCUT2D eigenvalue weighted by molar-refractivity contribution is 0.274. The van der Waals surface area contributed by atoms with Crippen molar-refractivity contribution < 1.29 is 0 Å². The van der Waals surface area contributed by atoms with Crippen LogP contribution in [0.4, 0.5) is 0 Å². The lowest BCUT2D eigenvalue weighted by Crippen LogP contribution is -2.42. The summed E-state index contributed by atoms with van der Waals surface area (Å²) in [7, 11) is 0.333. The predicted octanol–water partition coefficient (Wildman–Crippen LogP) is 7.40. The van der Waals surface area contributed by atoms with Gasteiger partial charge in [0.15, 0.2) is 0 Å². The Morgan fingerprint density at radius 2 is 1.28 bits per heavy atom. The van der Waals surface area contributed by atoms with Crippen molar-refractivity contribution in [3.63, 3.8) is 0 Å². The summed E-state index contributed by atoms with van der Waals surface area (Å²) in [4.78, 5) is 0. The normalized spacial score (nSPS) is 29.4. The van der Waals surface area contributed by atoms with Crippen molar-refractivity contribution in [3.05, 3.63) is 35.9 Å². The van der Waals surface area contributed by atoms with Crippen LogP contribution in [0.5, 0.6) is 0 Å². The molecule has 138 valence electrons. The third-order valence-electron chi connectivity index (χ3n) is 7.45. The van der Waals surface area contributed by atoms with Crippen LogP contribution in [0.2, 0.25) is 0 Å². The molecule has 1 saturated heterocycles. The first-order valence-corrected chi connectivity index (χ1v) is 12.9. The lowest BCUT2D eigenvalue weighted by Gasteiger charge is -2.54. The maximum atomic E-state index is 2.32. The van der Waals surface area contributed by atoms with E-state index in [-0.39, 0.29) is 0 Å². The molecule has 2 atom stereocenters. The average molecular weight is 357 g/mol. The van der Waals surface area contributed by atoms with Crippen molar-refractivity contribution in [1.29, 1.82) is 0 Å². The molecular formula is C24H37P. The molecule has 4 rings (SSSR count). The van der Waals surface area contributed by atoms with Gasteiger partial charge in [0.2, 0.25) is 0 Å². The Balaban J connectivity index is 1.35. The second kappa shape index (κ2) is 9.03. The Morgan fingerprint density at radius 1 is 0.720 bits per heavy atom. The maximum Gasteiger partial charge on any atom is -0.0172 e. The minimum absolute atomic E-state index is 0.333. The molecule has 0 N–H and O–H groups in total. The third kappa shape index (κ3) is 4.50. The zero-order chi connectivity index (χ0) is 16.9. The van der Waals surface area contributed by atoms with Crippen LogP contribution >= 0.6 is 7.92 Å². The van der Waals surface area contributed by atoms with Gasteiger partial charge in [-0.05, 0) is 79.8 Å². The first kappa shape index (κ1) is 18.0. The summed E-state index contributed by atoms with van der Waals surface area (Å²) in [6.45, 7) is 0. The molecule has 1 heteroatoms. The zero-order valence-corrected chi connectivity index (χ0v) is 16.9. The third-order valence-corrected chi connectivity index (χ3v) is 11.2. The van der Waals surface area contributed by atoms with Gasteiger partial charge in [-0.2, -0.15) is 0 Å². The van der Waals surface area contributed by atoms with Crippen LogP contribution in [0.15, 0.2) is 30.3 Å². The molecule has 0 nitrogen and oxygen atoms in total. The zero-order valence-electron chi connectivity index (χ0n) is 16.0. The highest BCUT2D eigenvalue weighted by Gasteiger charge is 2.46. The van der Waals surface area contributed by atoms with Crippen LogP contribution in [-0.4, -0.2) is 17.5 Å². The Labute approximate surface area is 156 Å². The van der Waals surface area contributed by atoms with E-state index < -0.39 is 0 Å². The highest BCUT2D eigenvalue weighted by molar-refractivity contribution is 7.60. The van der Waals surface area contributed by atoms with Gasteiger partial charge in [0, 0.05) is 0 Å². The Kier molecular flexibility index (Phi) is 6.52. The van der Waals surface area contributed by atoms with E-state index in [1.54, 1.807) is 43.8 Å². The van der Waals surface area contributed by atoms with Crippen LogP contribution in [0.25, 0.3) is 0 Å². The highest BCUT2D eigenvalue weighted by atomic mass is 31.1. The van der Waals surface area contributed by atoms with E-state index in [0.29, 0.717) is 7.92 Å². The van der Waals surface area contributed by atoms with E-state index in [0.717, 1.165) is 23.2 Å². The van der Waals surface area contributed by atoms with Crippen LogP contribution in [0, 0.1) is 11.8 Å².